The Morgan fingerprint density at radius 3 is 1.15 bits per heavy atom. The summed E-state index contributed by atoms with van der Waals surface area (Å²) in [4.78, 5) is 0. The summed E-state index contributed by atoms with van der Waals surface area (Å²) in [5.74, 6) is 0. The highest BCUT2D eigenvalue weighted by Gasteiger charge is 2.24. The normalized spacial score (nSPS) is 12.0. The average molecular weight is 285 g/mol. The van der Waals surface area contributed by atoms with E-state index in [4.69, 9.17) is 0 Å². The fourth-order valence-corrected chi connectivity index (χ4v) is 3.20. The molecule has 1 heteroatoms. The highest BCUT2D eigenvalue weighted by Crippen LogP contribution is 2.17. The Bertz CT molecular complexity index is 166. The quantitative estimate of drug-likeness (QED) is 0.249. The minimum atomic E-state index is 1.36. The lowest BCUT2D eigenvalue weighted by atomic mass is 10.1. The summed E-state index contributed by atoms with van der Waals surface area (Å²) in [5, 5.41) is 0. The van der Waals surface area contributed by atoms with Crippen molar-refractivity contribution in [1.82, 2.24) is 0 Å². The van der Waals surface area contributed by atoms with Gasteiger partial charge in [-0.1, -0.05) is 66.2 Å². The summed E-state index contributed by atoms with van der Waals surface area (Å²) in [5.41, 5.74) is 0. The lowest BCUT2D eigenvalue weighted by molar-refractivity contribution is -0.929. The fraction of sp³-hybridized carbons (Fsp3) is 1.00. The summed E-state index contributed by atoms with van der Waals surface area (Å²) in [7, 11) is 0. The molecular formula is C19H42N+. The molecule has 0 fully saturated rings. The van der Waals surface area contributed by atoms with Gasteiger partial charge in [0.25, 0.3) is 0 Å². The molecule has 0 rings (SSSR count). The Morgan fingerprint density at radius 2 is 0.750 bits per heavy atom. The molecule has 0 aliphatic rings. The van der Waals surface area contributed by atoms with Crippen molar-refractivity contribution in [3.05, 3.63) is 0 Å². The Labute approximate surface area is 129 Å². The van der Waals surface area contributed by atoms with Gasteiger partial charge in [0.05, 0.1) is 26.2 Å². The molecule has 0 aromatic carbocycles. The minimum absolute atomic E-state index is 1.36. The third kappa shape index (κ3) is 9.80. The van der Waals surface area contributed by atoms with E-state index in [-0.39, 0.29) is 0 Å². The first-order valence-corrected chi connectivity index (χ1v) is 9.59. The second kappa shape index (κ2) is 13.9. The third-order valence-electron chi connectivity index (χ3n) is 4.69. The summed E-state index contributed by atoms with van der Waals surface area (Å²) < 4.78 is 1.43. The highest BCUT2D eigenvalue weighted by atomic mass is 15.3. The number of hydrogen-bond donors (Lipinski definition) is 0. The predicted octanol–water partition coefficient (Wildman–Crippen LogP) is 6.17. The summed E-state index contributed by atoms with van der Waals surface area (Å²) in [6.07, 6.45) is 15.5. The number of unbranched alkanes of at least 4 members (excludes halogenated alkanes) is 7. The van der Waals surface area contributed by atoms with Crippen LogP contribution >= 0.6 is 0 Å². The van der Waals surface area contributed by atoms with Crippen LogP contribution in [0.1, 0.15) is 98.3 Å². The van der Waals surface area contributed by atoms with Crippen LogP contribution in [0.2, 0.25) is 0 Å². The van der Waals surface area contributed by atoms with Gasteiger partial charge in [0.15, 0.2) is 0 Å². The van der Waals surface area contributed by atoms with Crippen molar-refractivity contribution in [3.8, 4) is 0 Å². The molecule has 0 bridgehead atoms. The molecule has 0 aliphatic carbocycles. The van der Waals surface area contributed by atoms with Crippen LogP contribution in [0.3, 0.4) is 0 Å². The van der Waals surface area contributed by atoms with Crippen molar-refractivity contribution in [2.45, 2.75) is 98.3 Å². The van der Waals surface area contributed by atoms with Gasteiger partial charge in [0, 0.05) is 0 Å². The van der Waals surface area contributed by atoms with Crippen LogP contribution in [-0.2, 0) is 0 Å². The van der Waals surface area contributed by atoms with Gasteiger partial charge in [0.1, 0.15) is 0 Å². The van der Waals surface area contributed by atoms with Crippen molar-refractivity contribution in [3.63, 3.8) is 0 Å². The van der Waals surface area contributed by atoms with Crippen molar-refractivity contribution in [2.24, 2.45) is 0 Å². The zero-order valence-corrected chi connectivity index (χ0v) is 15.1. The number of nitrogens with zero attached hydrogens (tertiary/aromatic N) is 1. The largest absolute Gasteiger partial charge is 0.324 e. The van der Waals surface area contributed by atoms with Gasteiger partial charge in [0.2, 0.25) is 0 Å². The third-order valence-corrected chi connectivity index (χ3v) is 4.69. The smallest absolute Gasteiger partial charge is 0.0786 e. The van der Waals surface area contributed by atoms with E-state index in [1.807, 2.05) is 0 Å². The lowest BCUT2D eigenvalue weighted by Gasteiger charge is -2.39. The Balaban J connectivity index is 4.34. The first-order chi connectivity index (χ1) is 9.74. The lowest BCUT2D eigenvalue weighted by Crippen LogP contribution is -2.50. The van der Waals surface area contributed by atoms with E-state index in [0.717, 1.165) is 0 Å². The van der Waals surface area contributed by atoms with Crippen LogP contribution in [0.25, 0.3) is 0 Å². The molecule has 0 spiro atoms. The molecule has 0 saturated carbocycles. The Hall–Kier alpha value is -0.0400. The van der Waals surface area contributed by atoms with Crippen LogP contribution in [0, 0.1) is 0 Å². The van der Waals surface area contributed by atoms with E-state index >= 15 is 0 Å². The molecule has 0 amide bonds. The van der Waals surface area contributed by atoms with Crippen LogP contribution in [0.4, 0.5) is 0 Å². The van der Waals surface area contributed by atoms with Crippen LogP contribution in [0.5, 0.6) is 0 Å². The molecule has 0 aromatic rings. The maximum absolute atomic E-state index is 2.34. The Kier molecular flexibility index (Phi) is 13.9. The molecule has 0 aromatic heterocycles. The van der Waals surface area contributed by atoms with Gasteiger partial charge in [-0.05, 0) is 32.1 Å². The van der Waals surface area contributed by atoms with Crippen molar-refractivity contribution in [2.75, 3.05) is 26.2 Å². The zero-order valence-electron chi connectivity index (χ0n) is 15.1. The maximum atomic E-state index is 2.34. The SMILES string of the molecule is CCCCCCC[N+](CCCC)(CCCC)CCCC. The van der Waals surface area contributed by atoms with E-state index in [1.54, 1.807) is 0 Å². The van der Waals surface area contributed by atoms with Gasteiger partial charge >= 0.3 is 0 Å². The standard InChI is InChI=1S/C19H42N/c1-5-9-13-14-15-19-20(16-10-6-2,17-11-7-3)18-12-8-4/h5-19H2,1-4H3/q+1. The van der Waals surface area contributed by atoms with Crippen LogP contribution < -0.4 is 0 Å². The first kappa shape index (κ1) is 20.0. The Morgan fingerprint density at radius 1 is 0.400 bits per heavy atom. The van der Waals surface area contributed by atoms with E-state index in [1.165, 1.54) is 101 Å². The fourth-order valence-electron chi connectivity index (χ4n) is 3.20. The molecular weight excluding hydrogens is 242 g/mol. The topological polar surface area (TPSA) is 0 Å². The molecule has 1 nitrogen and oxygen atoms in total. The second-order valence-corrected chi connectivity index (χ2v) is 6.71. The molecule has 0 aliphatic heterocycles. The number of quaternary nitrogens is 1. The summed E-state index contributed by atoms with van der Waals surface area (Å²) in [6, 6.07) is 0. The zero-order chi connectivity index (χ0) is 15.1. The molecule has 0 N–H and O–H groups in total. The van der Waals surface area contributed by atoms with E-state index in [9.17, 15) is 0 Å². The van der Waals surface area contributed by atoms with Gasteiger partial charge in [-0.15, -0.1) is 0 Å². The van der Waals surface area contributed by atoms with E-state index in [2.05, 4.69) is 27.7 Å². The van der Waals surface area contributed by atoms with E-state index < -0.39 is 0 Å². The molecule has 0 heterocycles. The summed E-state index contributed by atoms with van der Waals surface area (Å²) in [6.45, 7) is 15.1. The highest BCUT2D eigenvalue weighted by molar-refractivity contribution is 4.51. The first-order valence-electron chi connectivity index (χ1n) is 9.59. The minimum Gasteiger partial charge on any atom is -0.324 e. The predicted molar refractivity (Wildman–Crippen MR) is 93.2 cm³/mol. The van der Waals surface area contributed by atoms with Crippen molar-refractivity contribution < 1.29 is 4.48 Å². The molecule has 20 heavy (non-hydrogen) atoms. The molecule has 0 unspecified atom stereocenters. The molecule has 0 saturated heterocycles. The van der Waals surface area contributed by atoms with Gasteiger partial charge in [-0.25, -0.2) is 0 Å². The summed E-state index contributed by atoms with van der Waals surface area (Å²) >= 11 is 0. The molecule has 0 radical (unpaired) electrons. The van der Waals surface area contributed by atoms with E-state index in [0.29, 0.717) is 0 Å². The van der Waals surface area contributed by atoms with Crippen LogP contribution in [-0.4, -0.2) is 30.7 Å². The van der Waals surface area contributed by atoms with Gasteiger partial charge in [-0.2, -0.15) is 0 Å². The van der Waals surface area contributed by atoms with Crippen molar-refractivity contribution >= 4 is 0 Å². The number of hydrogen-bond acceptors (Lipinski definition) is 0. The van der Waals surface area contributed by atoms with Gasteiger partial charge < -0.3 is 4.48 Å². The second-order valence-electron chi connectivity index (χ2n) is 6.71. The van der Waals surface area contributed by atoms with Crippen LogP contribution in [0.15, 0.2) is 0 Å². The van der Waals surface area contributed by atoms with Crippen molar-refractivity contribution in [1.29, 1.82) is 0 Å². The average Bonchev–Trinajstić information content (AvgIpc) is 2.48. The van der Waals surface area contributed by atoms with Gasteiger partial charge in [-0.3, -0.25) is 0 Å². The maximum Gasteiger partial charge on any atom is 0.0786 e. The number of rotatable bonds is 15. The monoisotopic (exact) mass is 284 g/mol. The molecule has 0 atom stereocenters. The molecule has 122 valence electrons.